The van der Waals surface area contributed by atoms with Gasteiger partial charge >= 0.3 is 0 Å². The molecule has 4 nitrogen and oxygen atoms in total. The Morgan fingerprint density at radius 1 is 1.19 bits per heavy atom. The molecule has 3 rings (SSSR count). The molecule has 108 valence electrons. The number of nitrogens with zero attached hydrogens (tertiary/aromatic N) is 3. The molecule has 0 saturated heterocycles. The SMILES string of the molecule is CN(C)[C@H](CNc1ncnc2ccccc12)c1ccsc1. The van der Waals surface area contributed by atoms with E-state index in [4.69, 9.17) is 0 Å². The lowest BCUT2D eigenvalue weighted by atomic mass is 10.1. The van der Waals surface area contributed by atoms with Gasteiger partial charge in [-0.3, -0.25) is 0 Å². The highest BCUT2D eigenvalue weighted by Gasteiger charge is 2.15. The second-order valence-corrected chi connectivity index (χ2v) is 5.94. The first-order valence-corrected chi connectivity index (χ1v) is 7.82. The van der Waals surface area contributed by atoms with Crippen LogP contribution in [0.3, 0.4) is 0 Å². The van der Waals surface area contributed by atoms with Gasteiger partial charge in [0.2, 0.25) is 0 Å². The molecule has 21 heavy (non-hydrogen) atoms. The van der Waals surface area contributed by atoms with Crippen LogP contribution in [0.1, 0.15) is 11.6 Å². The first-order chi connectivity index (χ1) is 10.3. The molecule has 0 saturated carbocycles. The molecular formula is C16H18N4S. The molecular weight excluding hydrogens is 280 g/mol. The summed E-state index contributed by atoms with van der Waals surface area (Å²) in [6, 6.07) is 10.6. The molecule has 3 aromatic rings. The summed E-state index contributed by atoms with van der Waals surface area (Å²) < 4.78 is 0. The fourth-order valence-corrected chi connectivity index (χ4v) is 3.11. The first kappa shape index (κ1) is 14.0. The van der Waals surface area contributed by atoms with Crippen molar-refractivity contribution in [3.63, 3.8) is 0 Å². The van der Waals surface area contributed by atoms with Crippen molar-refractivity contribution in [2.24, 2.45) is 0 Å². The lowest BCUT2D eigenvalue weighted by Gasteiger charge is -2.24. The highest BCUT2D eigenvalue weighted by atomic mass is 32.1. The zero-order chi connectivity index (χ0) is 14.7. The number of aromatic nitrogens is 2. The van der Waals surface area contributed by atoms with Gasteiger partial charge in [-0.05, 0) is 48.6 Å². The number of hydrogen-bond donors (Lipinski definition) is 1. The number of fused-ring (bicyclic) bond motifs is 1. The van der Waals surface area contributed by atoms with Gasteiger partial charge in [-0.2, -0.15) is 11.3 Å². The number of rotatable bonds is 5. The normalized spacial score (nSPS) is 12.7. The summed E-state index contributed by atoms with van der Waals surface area (Å²) in [5.41, 5.74) is 2.29. The van der Waals surface area contributed by atoms with Gasteiger partial charge in [-0.1, -0.05) is 12.1 Å². The molecule has 1 aromatic carbocycles. The smallest absolute Gasteiger partial charge is 0.137 e. The number of nitrogens with one attached hydrogen (secondary N) is 1. The third kappa shape index (κ3) is 3.04. The van der Waals surface area contributed by atoms with E-state index in [9.17, 15) is 0 Å². The molecule has 0 fully saturated rings. The summed E-state index contributed by atoms with van der Waals surface area (Å²) in [5.74, 6) is 0.891. The summed E-state index contributed by atoms with van der Waals surface area (Å²) in [6.07, 6.45) is 1.61. The second-order valence-electron chi connectivity index (χ2n) is 5.16. The summed E-state index contributed by atoms with van der Waals surface area (Å²) in [6.45, 7) is 0.810. The maximum absolute atomic E-state index is 4.38. The molecule has 0 aliphatic rings. The van der Waals surface area contributed by atoms with Crippen molar-refractivity contribution in [2.45, 2.75) is 6.04 Å². The number of hydrogen-bond acceptors (Lipinski definition) is 5. The van der Waals surface area contributed by atoms with Gasteiger partial charge in [-0.25, -0.2) is 9.97 Å². The van der Waals surface area contributed by atoms with Crippen LogP contribution in [0.5, 0.6) is 0 Å². The van der Waals surface area contributed by atoms with E-state index in [-0.39, 0.29) is 0 Å². The number of likely N-dealkylation sites (N-methyl/N-ethyl adjacent to an activating group) is 1. The number of benzene rings is 1. The van der Waals surface area contributed by atoms with Gasteiger partial charge in [0.1, 0.15) is 12.1 Å². The van der Waals surface area contributed by atoms with E-state index in [0.29, 0.717) is 6.04 Å². The molecule has 0 amide bonds. The molecule has 0 bridgehead atoms. The van der Waals surface area contributed by atoms with Crippen molar-refractivity contribution in [1.82, 2.24) is 14.9 Å². The van der Waals surface area contributed by atoms with E-state index in [0.717, 1.165) is 23.3 Å². The van der Waals surface area contributed by atoms with Crippen LogP contribution in [0.15, 0.2) is 47.4 Å². The molecule has 2 heterocycles. The Morgan fingerprint density at radius 2 is 2.05 bits per heavy atom. The first-order valence-electron chi connectivity index (χ1n) is 6.88. The van der Waals surface area contributed by atoms with E-state index < -0.39 is 0 Å². The number of thiophene rings is 1. The van der Waals surface area contributed by atoms with Crippen LogP contribution < -0.4 is 5.32 Å². The van der Waals surface area contributed by atoms with Gasteiger partial charge in [0.05, 0.1) is 11.6 Å². The topological polar surface area (TPSA) is 41.0 Å². The van der Waals surface area contributed by atoms with Crippen LogP contribution in [0.2, 0.25) is 0 Å². The standard InChI is InChI=1S/C16H18N4S/c1-20(2)15(12-7-8-21-10-12)9-17-16-13-5-3-4-6-14(13)18-11-19-16/h3-8,10-11,15H,9H2,1-2H3,(H,17,18,19)/t15-/m1/s1. The summed E-state index contributed by atoms with van der Waals surface area (Å²) >= 11 is 1.73. The quantitative estimate of drug-likeness (QED) is 0.784. The highest BCUT2D eigenvalue weighted by molar-refractivity contribution is 7.07. The van der Waals surface area contributed by atoms with Crippen LogP contribution in [-0.4, -0.2) is 35.5 Å². The largest absolute Gasteiger partial charge is 0.368 e. The van der Waals surface area contributed by atoms with Gasteiger partial charge in [0, 0.05) is 11.9 Å². The van der Waals surface area contributed by atoms with Crippen LogP contribution in [0.4, 0.5) is 5.82 Å². The molecule has 1 atom stereocenters. The van der Waals surface area contributed by atoms with Crippen molar-refractivity contribution in [3.05, 3.63) is 53.0 Å². The zero-order valence-corrected chi connectivity index (χ0v) is 13.0. The third-order valence-corrected chi connectivity index (χ3v) is 4.26. The maximum atomic E-state index is 4.38. The zero-order valence-electron chi connectivity index (χ0n) is 12.2. The lowest BCUT2D eigenvalue weighted by molar-refractivity contribution is 0.312. The molecule has 5 heteroatoms. The average molecular weight is 298 g/mol. The fourth-order valence-electron chi connectivity index (χ4n) is 2.40. The molecule has 0 aliphatic carbocycles. The van der Waals surface area contributed by atoms with Crippen molar-refractivity contribution < 1.29 is 0 Å². The van der Waals surface area contributed by atoms with E-state index >= 15 is 0 Å². The Balaban J connectivity index is 1.82. The summed E-state index contributed by atoms with van der Waals surface area (Å²) in [5, 5.41) is 8.84. The van der Waals surface area contributed by atoms with Crippen LogP contribution in [0, 0.1) is 0 Å². The van der Waals surface area contributed by atoms with E-state index in [2.05, 4.69) is 51.1 Å². The molecule has 2 aromatic heterocycles. The van der Waals surface area contributed by atoms with Crippen LogP contribution in [-0.2, 0) is 0 Å². The molecule has 0 radical (unpaired) electrons. The maximum Gasteiger partial charge on any atom is 0.137 e. The minimum Gasteiger partial charge on any atom is -0.368 e. The third-order valence-electron chi connectivity index (χ3n) is 3.56. The number of para-hydroxylation sites is 1. The Kier molecular flexibility index (Phi) is 4.13. The van der Waals surface area contributed by atoms with Gasteiger partial charge in [-0.15, -0.1) is 0 Å². The van der Waals surface area contributed by atoms with Gasteiger partial charge in [0.15, 0.2) is 0 Å². The minimum atomic E-state index is 0.324. The second kappa shape index (κ2) is 6.20. The highest BCUT2D eigenvalue weighted by Crippen LogP contribution is 2.23. The van der Waals surface area contributed by atoms with Crippen molar-refractivity contribution >= 4 is 28.1 Å². The van der Waals surface area contributed by atoms with Crippen molar-refractivity contribution in [1.29, 1.82) is 0 Å². The Bertz CT molecular complexity index is 704. The van der Waals surface area contributed by atoms with Crippen LogP contribution in [0.25, 0.3) is 10.9 Å². The van der Waals surface area contributed by atoms with E-state index in [1.54, 1.807) is 17.7 Å². The van der Waals surface area contributed by atoms with Gasteiger partial charge in [0.25, 0.3) is 0 Å². The summed E-state index contributed by atoms with van der Waals surface area (Å²) in [7, 11) is 4.20. The van der Waals surface area contributed by atoms with E-state index in [1.165, 1.54) is 5.56 Å². The predicted octanol–water partition coefficient (Wildman–Crippen LogP) is 3.41. The van der Waals surface area contributed by atoms with E-state index in [1.807, 2.05) is 24.3 Å². The number of anilines is 1. The molecule has 0 unspecified atom stereocenters. The Labute approximate surface area is 128 Å². The summed E-state index contributed by atoms with van der Waals surface area (Å²) in [4.78, 5) is 10.9. The predicted molar refractivity (Wildman–Crippen MR) is 88.8 cm³/mol. The fraction of sp³-hybridized carbons (Fsp3) is 0.250. The minimum absolute atomic E-state index is 0.324. The monoisotopic (exact) mass is 298 g/mol. The van der Waals surface area contributed by atoms with Gasteiger partial charge < -0.3 is 10.2 Å². The Hall–Kier alpha value is -1.98. The van der Waals surface area contributed by atoms with Crippen molar-refractivity contribution in [3.8, 4) is 0 Å². The van der Waals surface area contributed by atoms with Crippen molar-refractivity contribution in [2.75, 3.05) is 26.0 Å². The lowest BCUT2D eigenvalue weighted by Crippen LogP contribution is -2.26. The average Bonchev–Trinajstić information content (AvgIpc) is 3.01. The molecule has 1 N–H and O–H groups in total. The van der Waals surface area contributed by atoms with Crippen LogP contribution >= 0.6 is 11.3 Å². The Morgan fingerprint density at radius 3 is 2.81 bits per heavy atom. The molecule has 0 aliphatic heterocycles. The molecule has 0 spiro atoms.